The van der Waals surface area contributed by atoms with Crippen molar-refractivity contribution < 1.29 is 28.8 Å². The average molecular weight is 508 g/mol. The van der Waals surface area contributed by atoms with Crippen molar-refractivity contribution in [2.24, 2.45) is 0 Å². The molecule has 3 amide bonds. The lowest BCUT2D eigenvalue weighted by Gasteiger charge is -2.15. The molecule has 1 heterocycles. The molecule has 1 unspecified atom stereocenters. The van der Waals surface area contributed by atoms with Gasteiger partial charge in [-0.05, 0) is 48.5 Å². The van der Waals surface area contributed by atoms with Gasteiger partial charge in [0.25, 0.3) is 11.6 Å². The summed E-state index contributed by atoms with van der Waals surface area (Å²) in [6.45, 7) is 0. The second-order valence-corrected chi connectivity index (χ2v) is 8.94. The van der Waals surface area contributed by atoms with Gasteiger partial charge in [0, 0.05) is 29.1 Å². The first-order chi connectivity index (χ1) is 17.3. The summed E-state index contributed by atoms with van der Waals surface area (Å²) in [4.78, 5) is 50.3. The largest absolute Gasteiger partial charge is 0.496 e. The van der Waals surface area contributed by atoms with Crippen LogP contribution in [-0.4, -0.2) is 42.1 Å². The van der Waals surface area contributed by atoms with E-state index in [0.717, 1.165) is 9.80 Å². The number of benzene rings is 3. The minimum Gasteiger partial charge on any atom is -0.496 e. The van der Waals surface area contributed by atoms with Crippen molar-refractivity contribution in [3.63, 3.8) is 0 Å². The summed E-state index contributed by atoms with van der Waals surface area (Å²) in [5.41, 5.74) is 0.963. The molecule has 0 spiro atoms. The maximum atomic E-state index is 12.9. The molecular weight excluding hydrogens is 486 g/mol. The van der Waals surface area contributed by atoms with E-state index in [-0.39, 0.29) is 29.5 Å². The molecule has 3 aromatic rings. The van der Waals surface area contributed by atoms with Gasteiger partial charge >= 0.3 is 0 Å². The molecule has 0 radical (unpaired) electrons. The van der Waals surface area contributed by atoms with Crippen LogP contribution in [0.4, 0.5) is 17.1 Å². The maximum absolute atomic E-state index is 12.9. The molecule has 0 aliphatic carbocycles. The van der Waals surface area contributed by atoms with E-state index in [0.29, 0.717) is 22.9 Å². The second kappa shape index (κ2) is 10.5. The van der Waals surface area contributed by atoms with Gasteiger partial charge in [-0.2, -0.15) is 0 Å². The third-order valence-electron chi connectivity index (χ3n) is 5.47. The molecule has 3 aromatic carbocycles. The van der Waals surface area contributed by atoms with E-state index in [1.807, 2.05) is 0 Å². The zero-order valence-electron chi connectivity index (χ0n) is 19.3. The smallest absolute Gasteiger partial charge is 0.269 e. The van der Waals surface area contributed by atoms with Crippen LogP contribution in [0.1, 0.15) is 16.8 Å². The molecule has 1 N–H and O–H groups in total. The highest BCUT2D eigenvalue weighted by atomic mass is 32.2. The van der Waals surface area contributed by atoms with Gasteiger partial charge < -0.3 is 14.8 Å². The van der Waals surface area contributed by atoms with Crippen LogP contribution in [0.3, 0.4) is 0 Å². The van der Waals surface area contributed by atoms with E-state index in [9.17, 15) is 24.5 Å². The van der Waals surface area contributed by atoms with E-state index < -0.39 is 16.1 Å². The molecule has 36 heavy (non-hydrogen) atoms. The molecule has 0 aromatic heterocycles. The highest BCUT2D eigenvalue weighted by Gasteiger charge is 2.40. The zero-order chi connectivity index (χ0) is 25.8. The molecular formula is C25H21N3O7S. The lowest BCUT2D eigenvalue weighted by atomic mass is 10.1. The molecule has 1 saturated heterocycles. The highest BCUT2D eigenvalue weighted by Crippen LogP contribution is 2.35. The Hall–Kier alpha value is -4.38. The Kier molecular flexibility index (Phi) is 7.20. The number of imide groups is 1. The Morgan fingerprint density at radius 1 is 1.00 bits per heavy atom. The van der Waals surface area contributed by atoms with Gasteiger partial charge in [0.15, 0.2) is 0 Å². The Labute approximate surface area is 210 Å². The fourth-order valence-corrected chi connectivity index (χ4v) is 4.79. The predicted molar refractivity (Wildman–Crippen MR) is 134 cm³/mol. The van der Waals surface area contributed by atoms with Crippen molar-refractivity contribution in [1.29, 1.82) is 0 Å². The number of carbonyl (C=O) groups excluding carboxylic acids is 3. The second-order valence-electron chi connectivity index (χ2n) is 7.67. The number of nitro benzene ring substituents is 1. The molecule has 1 aliphatic heterocycles. The van der Waals surface area contributed by atoms with Crippen LogP contribution >= 0.6 is 11.8 Å². The summed E-state index contributed by atoms with van der Waals surface area (Å²) in [6.07, 6.45) is 0.00652. The number of anilines is 2. The predicted octanol–water partition coefficient (Wildman–Crippen LogP) is 4.29. The molecule has 10 nitrogen and oxygen atoms in total. The van der Waals surface area contributed by atoms with Gasteiger partial charge in [0.2, 0.25) is 11.8 Å². The van der Waals surface area contributed by atoms with Crippen molar-refractivity contribution in [3.8, 4) is 11.5 Å². The number of ether oxygens (including phenoxy) is 2. The van der Waals surface area contributed by atoms with Crippen LogP contribution in [0, 0.1) is 10.1 Å². The molecule has 1 aliphatic rings. The van der Waals surface area contributed by atoms with Crippen LogP contribution in [0.15, 0.2) is 71.6 Å². The van der Waals surface area contributed by atoms with Gasteiger partial charge in [-0.3, -0.25) is 24.5 Å². The molecule has 4 rings (SSSR count). The van der Waals surface area contributed by atoms with E-state index in [4.69, 9.17) is 9.47 Å². The van der Waals surface area contributed by atoms with Crippen LogP contribution in [0.2, 0.25) is 0 Å². The molecule has 11 heteroatoms. The minimum absolute atomic E-state index is 0.00652. The molecule has 1 atom stereocenters. The van der Waals surface area contributed by atoms with Crippen molar-refractivity contribution in [2.45, 2.75) is 16.6 Å². The standard InChI is InChI=1S/C25H21N3O7S/c1-34-19-4-3-5-20(35-2)23(19)24(30)26-15-6-12-18(13-7-15)36-21-14-22(29)27(25(21)31)16-8-10-17(11-9-16)28(32)33/h3-13,21H,14H2,1-2H3,(H,26,30). The minimum atomic E-state index is -0.633. The van der Waals surface area contributed by atoms with Crippen molar-refractivity contribution >= 4 is 46.5 Å². The van der Waals surface area contributed by atoms with Gasteiger partial charge in [-0.25, -0.2) is 4.90 Å². The first kappa shape index (κ1) is 24.7. The molecule has 184 valence electrons. The first-order valence-electron chi connectivity index (χ1n) is 10.7. The zero-order valence-corrected chi connectivity index (χ0v) is 20.1. The molecule has 0 saturated carbocycles. The van der Waals surface area contributed by atoms with Crippen molar-refractivity contribution in [3.05, 3.63) is 82.4 Å². The number of nitrogens with one attached hydrogen (secondary N) is 1. The van der Waals surface area contributed by atoms with Crippen LogP contribution < -0.4 is 19.7 Å². The summed E-state index contributed by atoms with van der Waals surface area (Å²) in [6, 6.07) is 17.2. The fraction of sp³-hybridized carbons (Fsp3) is 0.160. The summed E-state index contributed by atoms with van der Waals surface area (Å²) in [7, 11) is 2.94. The topological polar surface area (TPSA) is 128 Å². The van der Waals surface area contributed by atoms with Gasteiger partial charge in [-0.1, -0.05) is 6.07 Å². The molecule has 1 fully saturated rings. The first-order valence-corrected chi connectivity index (χ1v) is 11.6. The molecule has 0 bridgehead atoms. The number of hydrogen-bond acceptors (Lipinski definition) is 8. The van der Waals surface area contributed by atoms with Crippen molar-refractivity contribution in [1.82, 2.24) is 0 Å². The van der Waals surface area contributed by atoms with E-state index in [2.05, 4.69) is 5.32 Å². The number of rotatable bonds is 8. The summed E-state index contributed by atoms with van der Waals surface area (Å²) in [5.74, 6) is -0.414. The monoisotopic (exact) mass is 507 g/mol. The van der Waals surface area contributed by atoms with E-state index in [1.54, 1.807) is 42.5 Å². The van der Waals surface area contributed by atoms with Crippen LogP contribution in [0.5, 0.6) is 11.5 Å². The van der Waals surface area contributed by atoms with Crippen LogP contribution in [0.25, 0.3) is 0 Å². The fourth-order valence-electron chi connectivity index (χ4n) is 3.74. The van der Waals surface area contributed by atoms with E-state index >= 15 is 0 Å². The number of carbonyl (C=O) groups is 3. The quantitative estimate of drug-likeness (QED) is 0.272. The summed E-state index contributed by atoms with van der Waals surface area (Å²) < 4.78 is 10.6. The number of amides is 3. The number of hydrogen-bond donors (Lipinski definition) is 1. The highest BCUT2D eigenvalue weighted by molar-refractivity contribution is 8.00. The maximum Gasteiger partial charge on any atom is 0.269 e. The van der Waals surface area contributed by atoms with Crippen LogP contribution in [-0.2, 0) is 9.59 Å². The SMILES string of the molecule is COc1cccc(OC)c1C(=O)Nc1ccc(SC2CC(=O)N(c3ccc([N+](=O)[O-])cc3)C2=O)cc1. The third kappa shape index (κ3) is 5.01. The number of methoxy groups -OCH3 is 2. The Balaban J connectivity index is 1.43. The number of nitrogens with zero attached hydrogens (tertiary/aromatic N) is 2. The number of non-ortho nitro benzene ring substituents is 1. The lowest BCUT2D eigenvalue weighted by molar-refractivity contribution is -0.384. The van der Waals surface area contributed by atoms with Gasteiger partial charge in [-0.15, -0.1) is 11.8 Å². The Bertz CT molecular complexity index is 1300. The summed E-state index contributed by atoms with van der Waals surface area (Å²) >= 11 is 1.23. The number of thioether (sulfide) groups is 1. The lowest BCUT2D eigenvalue weighted by Crippen LogP contribution is -2.31. The van der Waals surface area contributed by atoms with Gasteiger partial charge in [0.05, 0.1) is 30.1 Å². The normalized spacial score (nSPS) is 15.1. The Morgan fingerprint density at radius 2 is 1.61 bits per heavy atom. The third-order valence-corrected chi connectivity index (χ3v) is 6.67. The van der Waals surface area contributed by atoms with E-state index in [1.165, 1.54) is 50.2 Å². The summed E-state index contributed by atoms with van der Waals surface area (Å²) in [5, 5.41) is 13.0. The van der Waals surface area contributed by atoms with Gasteiger partial charge in [0.1, 0.15) is 17.1 Å². The Morgan fingerprint density at radius 3 is 2.17 bits per heavy atom. The average Bonchev–Trinajstić information content (AvgIpc) is 3.16. The number of nitro groups is 1. The van der Waals surface area contributed by atoms with Crippen molar-refractivity contribution in [2.75, 3.05) is 24.4 Å².